The Bertz CT molecular complexity index is 334. The second-order valence-corrected chi connectivity index (χ2v) is 3.42. The topological polar surface area (TPSA) is 50.2 Å². The number of nitrogens with zero attached hydrogens (tertiary/aromatic N) is 1. The molecular formula is C7H6F3NO2S. The minimum Gasteiger partial charge on any atom is -0.476 e. The molecule has 0 saturated carbocycles. The van der Waals surface area contributed by atoms with Crippen molar-refractivity contribution in [1.82, 2.24) is 4.98 Å². The van der Waals surface area contributed by atoms with Gasteiger partial charge in [0.05, 0.1) is 5.69 Å². The van der Waals surface area contributed by atoms with E-state index in [0.717, 1.165) is 11.3 Å². The molecule has 78 valence electrons. The number of aromatic nitrogens is 1. The maximum Gasteiger partial charge on any atom is 0.389 e. The molecule has 0 amide bonds. The van der Waals surface area contributed by atoms with E-state index in [1.807, 2.05) is 0 Å². The van der Waals surface area contributed by atoms with Crippen LogP contribution in [0.5, 0.6) is 0 Å². The summed E-state index contributed by atoms with van der Waals surface area (Å²) in [5.41, 5.74) is 0.171. The van der Waals surface area contributed by atoms with Gasteiger partial charge in [-0.1, -0.05) is 0 Å². The van der Waals surface area contributed by atoms with Gasteiger partial charge in [0, 0.05) is 11.8 Å². The van der Waals surface area contributed by atoms with Gasteiger partial charge in [0.1, 0.15) is 0 Å². The Labute approximate surface area is 81.2 Å². The van der Waals surface area contributed by atoms with Crippen molar-refractivity contribution in [3.63, 3.8) is 0 Å². The van der Waals surface area contributed by atoms with Crippen molar-refractivity contribution in [2.45, 2.75) is 19.0 Å². The van der Waals surface area contributed by atoms with Crippen LogP contribution in [-0.2, 0) is 6.42 Å². The summed E-state index contributed by atoms with van der Waals surface area (Å²) in [6, 6.07) is 0. The van der Waals surface area contributed by atoms with Crippen molar-refractivity contribution in [1.29, 1.82) is 0 Å². The van der Waals surface area contributed by atoms with Crippen molar-refractivity contribution in [3.8, 4) is 0 Å². The number of thiazole rings is 1. The summed E-state index contributed by atoms with van der Waals surface area (Å²) >= 11 is 0.830. The Kier molecular flexibility index (Phi) is 3.10. The number of halogens is 3. The number of hydrogen-bond acceptors (Lipinski definition) is 3. The van der Waals surface area contributed by atoms with E-state index in [4.69, 9.17) is 5.11 Å². The van der Waals surface area contributed by atoms with Gasteiger partial charge in [-0.15, -0.1) is 11.3 Å². The molecule has 7 heteroatoms. The Morgan fingerprint density at radius 1 is 1.57 bits per heavy atom. The first-order valence-electron chi connectivity index (χ1n) is 3.63. The lowest BCUT2D eigenvalue weighted by atomic mass is 10.2. The zero-order valence-electron chi connectivity index (χ0n) is 6.84. The van der Waals surface area contributed by atoms with E-state index in [0.29, 0.717) is 0 Å². The van der Waals surface area contributed by atoms with Crippen molar-refractivity contribution in [2.75, 3.05) is 0 Å². The van der Waals surface area contributed by atoms with Crippen LogP contribution >= 0.6 is 11.3 Å². The Hall–Kier alpha value is -1.11. The Balaban J connectivity index is 2.56. The summed E-state index contributed by atoms with van der Waals surface area (Å²) in [7, 11) is 0. The third kappa shape index (κ3) is 3.33. The van der Waals surface area contributed by atoms with Crippen LogP contribution in [0.2, 0.25) is 0 Å². The number of carboxylic acids is 1. The van der Waals surface area contributed by atoms with E-state index >= 15 is 0 Å². The average Bonchev–Trinajstić information content (AvgIpc) is 2.47. The normalized spacial score (nSPS) is 11.6. The second-order valence-electron chi connectivity index (χ2n) is 2.56. The van der Waals surface area contributed by atoms with Crippen LogP contribution in [-0.4, -0.2) is 22.2 Å². The molecule has 0 aliphatic carbocycles. The molecule has 1 aromatic heterocycles. The van der Waals surface area contributed by atoms with Gasteiger partial charge in [-0.05, 0) is 6.42 Å². The monoisotopic (exact) mass is 225 g/mol. The fourth-order valence-corrected chi connectivity index (χ4v) is 1.48. The smallest absolute Gasteiger partial charge is 0.389 e. The lowest BCUT2D eigenvalue weighted by molar-refractivity contribution is -0.134. The molecule has 0 aromatic carbocycles. The minimum absolute atomic E-state index is 0.171. The molecule has 1 aromatic rings. The lowest BCUT2D eigenvalue weighted by Crippen LogP contribution is -2.08. The van der Waals surface area contributed by atoms with Gasteiger partial charge in [-0.2, -0.15) is 13.2 Å². The molecule has 0 aliphatic rings. The van der Waals surface area contributed by atoms with Crippen LogP contribution < -0.4 is 0 Å². The van der Waals surface area contributed by atoms with Crippen LogP contribution in [0.3, 0.4) is 0 Å². The van der Waals surface area contributed by atoms with E-state index < -0.39 is 18.6 Å². The molecule has 0 atom stereocenters. The highest BCUT2D eigenvalue weighted by Gasteiger charge is 2.27. The first-order valence-corrected chi connectivity index (χ1v) is 4.51. The molecule has 0 bridgehead atoms. The average molecular weight is 225 g/mol. The molecular weight excluding hydrogens is 219 g/mol. The number of aryl methyl sites for hydroxylation is 1. The van der Waals surface area contributed by atoms with Gasteiger partial charge >= 0.3 is 12.1 Å². The fourth-order valence-electron chi connectivity index (χ4n) is 0.790. The zero-order chi connectivity index (χ0) is 10.8. The predicted octanol–water partition coefficient (Wildman–Crippen LogP) is 2.34. The Morgan fingerprint density at radius 2 is 2.21 bits per heavy atom. The first kappa shape index (κ1) is 11.0. The molecule has 3 nitrogen and oxygen atoms in total. The van der Waals surface area contributed by atoms with E-state index in [-0.39, 0.29) is 17.1 Å². The summed E-state index contributed by atoms with van der Waals surface area (Å²) in [6.07, 6.45) is -5.48. The van der Waals surface area contributed by atoms with Crippen LogP contribution in [0.25, 0.3) is 0 Å². The molecule has 0 aliphatic heterocycles. The third-order valence-corrected chi connectivity index (χ3v) is 2.28. The molecule has 0 spiro atoms. The summed E-state index contributed by atoms with van der Waals surface area (Å²) in [5, 5.41) is 9.60. The number of alkyl halides is 3. The second kappa shape index (κ2) is 3.95. The van der Waals surface area contributed by atoms with Crippen LogP contribution in [0.1, 0.15) is 21.9 Å². The molecule has 14 heavy (non-hydrogen) atoms. The summed E-state index contributed by atoms with van der Waals surface area (Å²) in [6.45, 7) is 0. The highest BCUT2D eigenvalue weighted by molar-refractivity contribution is 7.11. The highest BCUT2D eigenvalue weighted by atomic mass is 32.1. The zero-order valence-corrected chi connectivity index (χ0v) is 7.65. The van der Waals surface area contributed by atoms with Gasteiger partial charge in [-0.3, -0.25) is 0 Å². The van der Waals surface area contributed by atoms with Crippen LogP contribution in [0, 0.1) is 0 Å². The number of carbonyl (C=O) groups is 1. The predicted molar refractivity (Wildman–Crippen MR) is 43.4 cm³/mol. The molecule has 1 heterocycles. The SMILES string of the molecule is O=C(O)c1nc(CCC(F)(F)F)cs1. The summed E-state index contributed by atoms with van der Waals surface area (Å²) in [5.74, 6) is -1.21. The minimum atomic E-state index is -4.23. The number of carboxylic acid groups (broad SMARTS) is 1. The van der Waals surface area contributed by atoms with Gasteiger partial charge in [-0.25, -0.2) is 9.78 Å². The lowest BCUT2D eigenvalue weighted by Gasteiger charge is -2.02. The van der Waals surface area contributed by atoms with Gasteiger partial charge in [0.2, 0.25) is 5.01 Å². The molecule has 0 fully saturated rings. The van der Waals surface area contributed by atoms with Gasteiger partial charge in [0.25, 0.3) is 0 Å². The van der Waals surface area contributed by atoms with Crippen LogP contribution in [0.4, 0.5) is 13.2 Å². The van der Waals surface area contributed by atoms with E-state index in [1.54, 1.807) is 0 Å². The van der Waals surface area contributed by atoms with Crippen molar-refractivity contribution < 1.29 is 23.1 Å². The third-order valence-electron chi connectivity index (χ3n) is 1.40. The van der Waals surface area contributed by atoms with E-state index in [9.17, 15) is 18.0 Å². The van der Waals surface area contributed by atoms with E-state index in [1.165, 1.54) is 5.38 Å². The number of aromatic carboxylic acids is 1. The van der Waals surface area contributed by atoms with Crippen molar-refractivity contribution >= 4 is 17.3 Å². The first-order chi connectivity index (χ1) is 6.38. The number of hydrogen-bond donors (Lipinski definition) is 1. The van der Waals surface area contributed by atoms with Crippen molar-refractivity contribution in [3.05, 3.63) is 16.1 Å². The molecule has 1 N–H and O–H groups in total. The van der Waals surface area contributed by atoms with Gasteiger partial charge < -0.3 is 5.11 Å². The van der Waals surface area contributed by atoms with Crippen LogP contribution in [0.15, 0.2) is 5.38 Å². The van der Waals surface area contributed by atoms with Gasteiger partial charge in [0.15, 0.2) is 0 Å². The Morgan fingerprint density at radius 3 is 2.64 bits per heavy atom. The highest BCUT2D eigenvalue weighted by Crippen LogP contribution is 2.22. The molecule has 0 unspecified atom stereocenters. The molecule has 1 rings (SSSR count). The molecule has 0 saturated heterocycles. The molecule has 0 radical (unpaired) electrons. The maximum absolute atomic E-state index is 11.8. The largest absolute Gasteiger partial charge is 0.476 e. The quantitative estimate of drug-likeness (QED) is 0.858. The fraction of sp³-hybridized carbons (Fsp3) is 0.429. The number of rotatable bonds is 3. The van der Waals surface area contributed by atoms with Crippen molar-refractivity contribution in [2.24, 2.45) is 0 Å². The summed E-state index contributed by atoms with van der Waals surface area (Å²) < 4.78 is 35.3. The summed E-state index contributed by atoms with van der Waals surface area (Å²) in [4.78, 5) is 13.9. The standard InChI is InChI=1S/C7H6F3NO2S/c8-7(9,10)2-1-4-3-14-5(11-4)6(12)13/h3H,1-2H2,(H,12,13). The van der Waals surface area contributed by atoms with E-state index in [2.05, 4.69) is 4.98 Å². The maximum atomic E-state index is 11.8.